The maximum Gasteiger partial charge on any atom is 0.257 e. The molecule has 0 radical (unpaired) electrons. The number of thioether (sulfide) groups is 1. The number of benzene rings is 2. The van der Waals surface area contributed by atoms with Gasteiger partial charge in [0.15, 0.2) is 15.8 Å². The average molecular weight is 422 g/mol. The summed E-state index contributed by atoms with van der Waals surface area (Å²) in [4.78, 5) is 12.4. The van der Waals surface area contributed by atoms with Gasteiger partial charge in [0.05, 0.1) is 14.2 Å². The number of aromatic nitrogens is 2. The second-order valence-electron chi connectivity index (χ2n) is 5.31. The Bertz CT molecular complexity index is 932. The predicted molar refractivity (Wildman–Crippen MR) is 108 cm³/mol. The Morgan fingerprint density at radius 3 is 2.56 bits per heavy atom. The zero-order valence-corrected chi connectivity index (χ0v) is 17.0. The summed E-state index contributed by atoms with van der Waals surface area (Å²) < 4.78 is 11.2. The van der Waals surface area contributed by atoms with Crippen molar-refractivity contribution in [3.05, 3.63) is 58.6 Å². The number of hydrogen-bond donors (Lipinski definition) is 1. The van der Waals surface area contributed by atoms with Gasteiger partial charge < -0.3 is 9.47 Å². The molecule has 0 aliphatic carbocycles. The highest BCUT2D eigenvalue weighted by atomic mass is 35.5. The Labute approximate surface area is 169 Å². The molecule has 1 aromatic heterocycles. The number of hydrogen-bond acceptors (Lipinski definition) is 7. The maximum absolute atomic E-state index is 12.4. The predicted octanol–water partition coefficient (Wildman–Crippen LogP) is 4.75. The molecule has 0 atom stereocenters. The van der Waals surface area contributed by atoms with Crippen molar-refractivity contribution in [2.45, 2.75) is 10.1 Å². The van der Waals surface area contributed by atoms with E-state index in [0.717, 1.165) is 15.7 Å². The number of anilines is 1. The molecule has 1 amide bonds. The zero-order valence-electron chi connectivity index (χ0n) is 14.6. The molecular formula is C18H16ClN3O3S2. The molecule has 6 nitrogen and oxygen atoms in total. The zero-order chi connectivity index (χ0) is 19.2. The topological polar surface area (TPSA) is 73.3 Å². The highest BCUT2D eigenvalue weighted by Gasteiger charge is 2.13. The molecule has 1 N–H and O–H groups in total. The van der Waals surface area contributed by atoms with Gasteiger partial charge >= 0.3 is 0 Å². The molecule has 0 spiro atoms. The lowest BCUT2D eigenvalue weighted by atomic mass is 10.2. The van der Waals surface area contributed by atoms with Crippen LogP contribution in [0.4, 0.5) is 5.13 Å². The lowest BCUT2D eigenvalue weighted by Gasteiger charge is -2.08. The highest BCUT2D eigenvalue weighted by Crippen LogP contribution is 2.30. The molecule has 0 saturated heterocycles. The van der Waals surface area contributed by atoms with E-state index in [1.807, 2.05) is 24.3 Å². The highest BCUT2D eigenvalue weighted by molar-refractivity contribution is 8.00. The van der Waals surface area contributed by atoms with Crippen LogP contribution in [0.1, 0.15) is 15.9 Å². The number of nitrogens with one attached hydrogen (secondary N) is 1. The smallest absolute Gasteiger partial charge is 0.257 e. The molecule has 0 saturated carbocycles. The third kappa shape index (κ3) is 5.12. The number of amides is 1. The summed E-state index contributed by atoms with van der Waals surface area (Å²) >= 11 is 8.76. The van der Waals surface area contributed by atoms with Crippen molar-refractivity contribution >= 4 is 45.7 Å². The Hall–Kier alpha value is -2.29. The fourth-order valence-corrected chi connectivity index (χ4v) is 4.02. The van der Waals surface area contributed by atoms with Gasteiger partial charge in [-0.1, -0.05) is 46.8 Å². The SMILES string of the molecule is COc1ccc(C(=O)Nc2nnc(SCc3ccc(Cl)cc3)s2)cc1OC. The Morgan fingerprint density at radius 2 is 1.85 bits per heavy atom. The molecular weight excluding hydrogens is 406 g/mol. The fourth-order valence-electron chi connectivity index (χ4n) is 2.19. The van der Waals surface area contributed by atoms with Crippen LogP contribution in [-0.2, 0) is 5.75 Å². The number of carbonyl (C=O) groups is 1. The first-order valence-corrected chi connectivity index (χ1v) is 10.0. The summed E-state index contributed by atoms with van der Waals surface area (Å²) in [5.41, 5.74) is 1.58. The molecule has 0 fully saturated rings. The van der Waals surface area contributed by atoms with Gasteiger partial charge in [-0.05, 0) is 35.9 Å². The molecule has 0 aliphatic heterocycles. The lowest BCUT2D eigenvalue weighted by Crippen LogP contribution is -2.11. The first-order valence-electron chi connectivity index (χ1n) is 7.83. The minimum absolute atomic E-state index is 0.290. The Balaban J connectivity index is 1.61. The van der Waals surface area contributed by atoms with Crippen LogP contribution in [0.25, 0.3) is 0 Å². The van der Waals surface area contributed by atoms with Gasteiger partial charge in [-0.25, -0.2) is 0 Å². The standard InChI is InChI=1S/C18H16ClN3O3S2/c1-24-14-8-5-12(9-15(14)25-2)16(23)20-17-21-22-18(27-17)26-10-11-3-6-13(19)7-4-11/h3-9H,10H2,1-2H3,(H,20,21,23). The lowest BCUT2D eigenvalue weighted by molar-refractivity contribution is 0.102. The molecule has 0 aliphatic rings. The van der Waals surface area contributed by atoms with Crippen molar-refractivity contribution in [2.24, 2.45) is 0 Å². The van der Waals surface area contributed by atoms with Crippen LogP contribution in [0, 0.1) is 0 Å². The van der Waals surface area contributed by atoms with Gasteiger partial charge in [0.1, 0.15) is 0 Å². The Morgan fingerprint density at radius 1 is 1.11 bits per heavy atom. The monoisotopic (exact) mass is 421 g/mol. The van der Waals surface area contributed by atoms with Crippen LogP contribution < -0.4 is 14.8 Å². The molecule has 3 aromatic rings. The summed E-state index contributed by atoms with van der Waals surface area (Å²) in [6.45, 7) is 0. The second kappa shape index (κ2) is 9.07. The summed E-state index contributed by atoms with van der Waals surface area (Å²) in [5, 5.41) is 12.0. The van der Waals surface area contributed by atoms with E-state index in [0.29, 0.717) is 27.2 Å². The molecule has 27 heavy (non-hydrogen) atoms. The molecule has 1 heterocycles. The van der Waals surface area contributed by atoms with Crippen molar-refractivity contribution in [2.75, 3.05) is 19.5 Å². The van der Waals surface area contributed by atoms with Gasteiger partial charge in [0, 0.05) is 16.3 Å². The fraction of sp³-hybridized carbons (Fsp3) is 0.167. The van der Waals surface area contributed by atoms with E-state index in [9.17, 15) is 4.79 Å². The summed E-state index contributed by atoms with van der Waals surface area (Å²) in [5.74, 6) is 1.50. The third-order valence-corrected chi connectivity index (χ3v) is 5.84. The van der Waals surface area contributed by atoms with E-state index in [1.165, 1.54) is 18.4 Å². The van der Waals surface area contributed by atoms with E-state index in [4.69, 9.17) is 21.1 Å². The minimum Gasteiger partial charge on any atom is -0.493 e. The molecule has 0 bridgehead atoms. The second-order valence-corrected chi connectivity index (χ2v) is 7.95. The van der Waals surface area contributed by atoms with E-state index in [2.05, 4.69) is 15.5 Å². The average Bonchev–Trinajstić information content (AvgIpc) is 3.14. The van der Waals surface area contributed by atoms with E-state index >= 15 is 0 Å². The van der Waals surface area contributed by atoms with Gasteiger partial charge in [0.2, 0.25) is 5.13 Å². The third-order valence-electron chi connectivity index (χ3n) is 3.55. The number of ether oxygens (including phenoxy) is 2. The number of nitrogens with zero attached hydrogens (tertiary/aromatic N) is 2. The number of rotatable bonds is 7. The Kier molecular flexibility index (Phi) is 6.54. The normalized spacial score (nSPS) is 10.5. The van der Waals surface area contributed by atoms with Crippen LogP contribution >= 0.6 is 34.7 Å². The number of methoxy groups -OCH3 is 2. The van der Waals surface area contributed by atoms with Crippen molar-refractivity contribution in [3.8, 4) is 11.5 Å². The quantitative estimate of drug-likeness (QED) is 0.438. The van der Waals surface area contributed by atoms with Crippen LogP contribution in [-0.4, -0.2) is 30.3 Å². The first-order chi connectivity index (χ1) is 13.1. The first kappa shape index (κ1) is 19.5. The van der Waals surface area contributed by atoms with E-state index < -0.39 is 0 Å². The maximum atomic E-state index is 12.4. The number of carbonyl (C=O) groups excluding carboxylic acids is 1. The molecule has 140 valence electrons. The van der Waals surface area contributed by atoms with Crippen molar-refractivity contribution in [1.29, 1.82) is 0 Å². The number of halogens is 1. The molecule has 0 unspecified atom stereocenters. The van der Waals surface area contributed by atoms with Crippen molar-refractivity contribution < 1.29 is 14.3 Å². The van der Waals surface area contributed by atoms with Gasteiger partial charge in [-0.2, -0.15) is 0 Å². The van der Waals surface area contributed by atoms with Crippen LogP contribution in [0.2, 0.25) is 5.02 Å². The van der Waals surface area contributed by atoms with Gasteiger partial charge in [-0.15, -0.1) is 10.2 Å². The van der Waals surface area contributed by atoms with Crippen LogP contribution in [0.5, 0.6) is 11.5 Å². The summed E-state index contributed by atoms with van der Waals surface area (Å²) in [6.07, 6.45) is 0. The van der Waals surface area contributed by atoms with Crippen LogP contribution in [0.15, 0.2) is 46.8 Å². The van der Waals surface area contributed by atoms with Gasteiger partial charge in [-0.3, -0.25) is 10.1 Å². The largest absolute Gasteiger partial charge is 0.493 e. The molecule has 3 rings (SSSR count). The molecule has 2 aromatic carbocycles. The molecule has 9 heteroatoms. The van der Waals surface area contributed by atoms with E-state index in [1.54, 1.807) is 37.1 Å². The van der Waals surface area contributed by atoms with Crippen molar-refractivity contribution in [1.82, 2.24) is 10.2 Å². The summed E-state index contributed by atoms with van der Waals surface area (Å²) in [7, 11) is 3.07. The van der Waals surface area contributed by atoms with Crippen molar-refractivity contribution in [3.63, 3.8) is 0 Å². The van der Waals surface area contributed by atoms with Gasteiger partial charge in [0.25, 0.3) is 5.91 Å². The van der Waals surface area contributed by atoms with Crippen LogP contribution in [0.3, 0.4) is 0 Å². The minimum atomic E-state index is -0.290. The summed E-state index contributed by atoms with van der Waals surface area (Å²) in [6, 6.07) is 12.6. The van der Waals surface area contributed by atoms with E-state index in [-0.39, 0.29) is 5.91 Å².